The Morgan fingerprint density at radius 1 is 1.35 bits per heavy atom. The molecule has 2 heterocycles. The molecule has 1 aromatic rings. The first-order valence-corrected chi connectivity index (χ1v) is 7.34. The molecule has 1 fully saturated rings. The highest BCUT2D eigenvalue weighted by Crippen LogP contribution is 2.36. The number of hydrogen-bond donors (Lipinski definition) is 1. The van der Waals surface area contributed by atoms with Crippen molar-refractivity contribution in [3.05, 3.63) is 29.3 Å². The van der Waals surface area contributed by atoms with Gasteiger partial charge in [-0.3, -0.25) is 14.4 Å². The zero-order valence-electron chi connectivity index (χ0n) is 13.1. The number of carbonyl (C=O) groups is 2. The zero-order valence-corrected chi connectivity index (χ0v) is 13.1. The molecule has 8 heteroatoms. The van der Waals surface area contributed by atoms with Crippen LogP contribution in [-0.2, 0) is 14.4 Å². The molecule has 0 radical (unpaired) electrons. The summed E-state index contributed by atoms with van der Waals surface area (Å²) in [6, 6.07) is 4.85. The monoisotopic (exact) mass is 321 g/mol. The predicted molar refractivity (Wildman–Crippen MR) is 80.0 cm³/mol. The van der Waals surface area contributed by atoms with Crippen molar-refractivity contribution in [2.75, 3.05) is 32.6 Å². The first kappa shape index (κ1) is 15.9. The maximum absolute atomic E-state index is 12.7. The number of amides is 2. The van der Waals surface area contributed by atoms with Crippen molar-refractivity contribution in [1.29, 1.82) is 0 Å². The summed E-state index contributed by atoms with van der Waals surface area (Å²) in [5.41, 5.74) is 5.55. The molecular weight excluding hydrogens is 302 g/mol. The molecule has 1 aromatic carbocycles. The number of nitrogens with zero attached hydrogens (tertiary/aromatic N) is 2. The van der Waals surface area contributed by atoms with Crippen molar-refractivity contribution < 1.29 is 24.0 Å². The molecule has 0 spiro atoms. The van der Waals surface area contributed by atoms with Crippen molar-refractivity contribution in [3.63, 3.8) is 0 Å². The predicted octanol–water partition coefficient (Wildman–Crippen LogP) is 0.796. The number of benzene rings is 1. The number of methoxy groups -OCH3 is 1. The molecule has 0 aromatic heterocycles. The van der Waals surface area contributed by atoms with Gasteiger partial charge in [0.25, 0.3) is 11.8 Å². The summed E-state index contributed by atoms with van der Waals surface area (Å²) in [5, 5.41) is 1.25. The molecule has 1 unspecified atom stereocenters. The van der Waals surface area contributed by atoms with Gasteiger partial charge in [-0.15, -0.1) is 0 Å². The van der Waals surface area contributed by atoms with Gasteiger partial charge < -0.3 is 10.5 Å². The summed E-state index contributed by atoms with van der Waals surface area (Å²) < 4.78 is 4.98. The van der Waals surface area contributed by atoms with Gasteiger partial charge in [-0.05, 0) is 19.1 Å². The Labute approximate surface area is 133 Å². The maximum atomic E-state index is 12.7. The van der Waals surface area contributed by atoms with E-state index in [0.717, 1.165) is 4.90 Å². The van der Waals surface area contributed by atoms with E-state index in [1.165, 1.54) is 5.23 Å². The quantitative estimate of drug-likeness (QED) is 0.647. The number of rotatable bonds is 4. The number of fused-ring (bicyclic) bond motifs is 1. The first-order chi connectivity index (χ1) is 11.0. The second kappa shape index (κ2) is 5.89. The largest absolute Gasteiger partial charge is 0.398 e. The zero-order chi connectivity index (χ0) is 16.6. The molecule has 2 N–H and O–H groups in total. The van der Waals surface area contributed by atoms with Crippen LogP contribution in [0.2, 0.25) is 0 Å². The highest BCUT2D eigenvalue weighted by Gasteiger charge is 2.50. The normalized spacial score (nSPS) is 25.0. The molecule has 124 valence electrons. The van der Waals surface area contributed by atoms with E-state index in [2.05, 4.69) is 0 Å². The Morgan fingerprint density at radius 2 is 2.13 bits per heavy atom. The molecule has 3 rings (SSSR count). The Balaban J connectivity index is 1.88. The van der Waals surface area contributed by atoms with Crippen LogP contribution < -0.4 is 5.73 Å². The van der Waals surface area contributed by atoms with Gasteiger partial charge in [0, 0.05) is 19.2 Å². The van der Waals surface area contributed by atoms with Crippen molar-refractivity contribution in [2.45, 2.75) is 19.1 Å². The van der Waals surface area contributed by atoms with E-state index in [9.17, 15) is 9.59 Å². The minimum atomic E-state index is -1.13. The standard InChI is InChI=1S/C15H19N3O5/c1-15(6-8-22-17(23-15)7-9-21-2)18-13(19)10-4-3-5-11(16)12(10)14(18)20/h3-5H,6-9,16H2,1-2H3. The first-order valence-electron chi connectivity index (χ1n) is 7.34. The SMILES string of the molecule is COCCN1OCCC(C)(N2C(=O)c3cccc(N)c3C2=O)O1. The molecule has 2 aliphatic rings. The Hall–Kier alpha value is -2.00. The Kier molecular flexibility index (Phi) is 4.07. The molecule has 0 aliphatic carbocycles. The fourth-order valence-electron chi connectivity index (χ4n) is 2.80. The lowest BCUT2D eigenvalue weighted by Gasteiger charge is -2.43. The maximum Gasteiger partial charge on any atom is 0.266 e. The Morgan fingerprint density at radius 3 is 2.83 bits per heavy atom. The summed E-state index contributed by atoms with van der Waals surface area (Å²) in [5.74, 6) is -0.854. The number of ether oxygens (including phenoxy) is 1. The van der Waals surface area contributed by atoms with Gasteiger partial charge in [-0.1, -0.05) is 11.3 Å². The minimum absolute atomic E-state index is 0.234. The van der Waals surface area contributed by atoms with E-state index >= 15 is 0 Å². The molecule has 23 heavy (non-hydrogen) atoms. The van der Waals surface area contributed by atoms with Gasteiger partial charge in [-0.2, -0.15) is 0 Å². The minimum Gasteiger partial charge on any atom is -0.398 e. The summed E-state index contributed by atoms with van der Waals surface area (Å²) in [6.07, 6.45) is 0.363. The Bertz CT molecular complexity index is 650. The highest BCUT2D eigenvalue weighted by molar-refractivity contribution is 6.23. The number of imide groups is 1. The van der Waals surface area contributed by atoms with Crippen molar-refractivity contribution in [2.24, 2.45) is 0 Å². The second-order valence-electron chi connectivity index (χ2n) is 5.61. The van der Waals surface area contributed by atoms with Crippen LogP contribution in [-0.4, -0.2) is 54.5 Å². The van der Waals surface area contributed by atoms with E-state index in [4.69, 9.17) is 20.1 Å². The van der Waals surface area contributed by atoms with Gasteiger partial charge in [0.1, 0.15) is 0 Å². The summed E-state index contributed by atoms with van der Waals surface area (Å²) in [7, 11) is 1.57. The van der Waals surface area contributed by atoms with Gasteiger partial charge in [-0.25, -0.2) is 9.74 Å². The average molecular weight is 321 g/mol. The summed E-state index contributed by atoms with van der Waals surface area (Å²) in [4.78, 5) is 37.6. The number of hydrogen-bond acceptors (Lipinski definition) is 7. The van der Waals surface area contributed by atoms with Gasteiger partial charge in [0.15, 0.2) is 5.72 Å². The molecule has 2 aliphatic heterocycles. The highest BCUT2D eigenvalue weighted by atomic mass is 17.0. The molecule has 0 saturated carbocycles. The van der Waals surface area contributed by atoms with E-state index < -0.39 is 17.5 Å². The van der Waals surface area contributed by atoms with Crippen LogP contribution in [0.15, 0.2) is 18.2 Å². The van der Waals surface area contributed by atoms with Gasteiger partial charge in [0.05, 0.1) is 30.9 Å². The fraction of sp³-hybridized carbons (Fsp3) is 0.467. The van der Waals surface area contributed by atoms with Crippen LogP contribution in [0.25, 0.3) is 0 Å². The number of nitrogen functional groups attached to an aromatic ring is 1. The topological polar surface area (TPSA) is 94.3 Å². The lowest BCUT2D eigenvalue weighted by Crippen LogP contribution is -2.58. The van der Waals surface area contributed by atoms with Crippen LogP contribution in [0, 0.1) is 0 Å². The molecule has 2 amide bonds. The van der Waals surface area contributed by atoms with E-state index in [1.54, 1.807) is 32.2 Å². The van der Waals surface area contributed by atoms with Crippen molar-refractivity contribution in [1.82, 2.24) is 10.1 Å². The average Bonchev–Trinajstić information content (AvgIpc) is 2.78. The molecule has 8 nitrogen and oxygen atoms in total. The van der Waals surface area contributed by atoms with Crippen molar-refractivity contribution >= 4 is 17.5 Å². The van der Waals surface area contributed by atoms with E-state index in [0.29, 0.717) is 31.7 Å². The molecule has 0 bridgehead atoms. The molecular formula is C15H19N3O5. The number of nitrogens with two attached hydrogens (primary N) is 1. The number of carbonyl (C=O) groups excluding carboxylic acids is 2. The molecule has 1 saturated heterocycles. The van der Waals surface area contributed by atoms with Gasteiger partial charge in [0.2, 0.25) is 0 Å². The van der Waals surface area contributed by atoms with Crippen LogP contribution in [0.1, 0.15) is 34.1 Å². The third-order valence-electron chi connectivity index (χ3n) is 4.00. The number of hydroxylamine groups is 2. The molecule has 1 atom stereocenters. The smallest absolute Gasteiger partial charge is 0.266 e. The lowest BCUT2D eigenvalue weighted by molar-refractivity contribution is -0.452. The van der Waals surface area contributed by atoms with Gasteiger partial charge >= 0.3 is 0 Å². The van der Waals surface area contributed by atoms with E-state index in [-0.39, 0.29) is 11.3 Å². The third-order valence-corrected chi connectivity index (χ3v) is 4.00. The van der Waals surface area contributed by atoms with Crippen LogP contribution in [0.5, 0.6) is 0 Å². The lowest BCUT2D eigenvalue weighted by atomic mass is 10.1. The van der Waals surface area contributed by atoms with Crippen molar-refractivity contribution in [3.8, 4) is 0 Å². The van der Waals surface area contributed by atoms with Crippen LogP contribution >= 0.6 is 0 Å². The fourth-order valence-corrected chi connectivity index (χ4v) is 2.80. The van der Waals surface area contributed by atoms with Crippen LogP contribution in [0.3, 0.4) is 0 Å². The van der Waals surface area contributed by atoms with E-state index in [1.807, 2.05) is 0 Å². The second-order valence-corrected chi connectivity index (χ2v) is 5.61. The summed E-state index contributed by atoms with van der Waals surface area (Å²) in [6.45, 7) is 2.76. The third kappa shape index (κ3) is 2.59. The van der Waals surface area contributed by atoms with Crippen LogP contribution in [0.4, 0.5) is 5.69 Å². The summed E-state index contributed by atoms with van der Waals surface area (Å²) >= 11 is 0. The number of anilines is 1.